The maximum absolute atomic E-state index is 13.6. The van der Waals surface area contributed by atoms with Crippen molar-refractivity contribution in [1.82, 2.24) is 20.0 Å². The van der Waals surface area contributed by atoms with E-state index in [1.165, 1.54) is 24.3 Å². The summed E-state index contributed by atoms with van der Waals surface area (Å²) < 4.78 is 11.7. The molecule has 182 valence electrons. The lowest BCUT2D eigenvalue weighted by molar-refractivity contribution is -0.134. The summed E-state index contributed by atoms with van der Waals surface area (Å²) in [5.41, 5.74) is -0.00719. The SMILES string of the molecule is CCOc1ccc(CN2C(=O)c3cc(C(=O)OC)nn3C[C@]2(C)C(=O)NC2CCCCC2)cc1. The molecule has 1 atom stereocenters. The summed E-state index contributed by atoms with van der Waals surface area (Å²) in [7, 11) is 1.27. The second-order valence-electron chi connectivity index (χ2n) is 9.11. The lowest BCUT2D eigenvalue weighted by Gasteiger charge is -2.44. The van der Waals surface area contributed by atoms with Gasteiger partial charge in [-0.15, -0.1) is 0 Å². The number of hydrogen-bond donors (Lipinski definition) is 1. The van der Waals surface area contributed by atoms with Crippen LogP contribution in [-0.4, -0.2) is 57.8 Å². The number of carbonyl (C=O) groups is 3. The Bertz CT molecular complexity index is 1060. The number of methoxy groups -OCH3 is 1. The predicted molar refractivity (Wildman–Crippen MR) is 124 cm³/mol. The van der Waals surface area contributed by atoms with Gasteiger partial charge in [0.25, 0.3) is 5.91 Å². The summed E-state index contributed by atoms with van der Waals surface area (Å²) in [6, 6.07) is 9.02. The Hall–Kier alpha value is -3.36. The van der Waals surface area contributed by atoms with Gasteiger partial charge in [-0.25, -0.2) is 4.79 Å². The lowest BCUT2D eigenvalue weighted by Crippen LogP contribution is -2.64. The molecule has 0 spiro atoms. The normalized spacial score (nSPS) is 20.6. The molecule has 9 nitrogen and oxygen atoms in total. The van der Waals surface area contributed by atoms with Crippen LogP contribution in [0.3, 0.4) is 0 Å². The van der Waals surface area contributed by atoms with Crippen LogP contribution in [0.25, 0.3) is 0 Å². The van der Waals surface area contributed by atoms with Crippen molar-refractivity contribution in [3.63, 3.8) is 0 Å². The van der Waals surface area contributed by atoms with Gasteiger partial charge in [-0.2, -0.15) is 5.10 Å². The number of rotatable bonds is 7. The molecule has 9 heteroatoms. The van der Waals surface area contributed by atoms with Crippen LogP contribution in [0.1, 0.15) is 72.5 Å². The highest BCUT2D eigenvalue weighted by atomic mass is 16.5. The fraction of sp³-hybridized carbons (Fsp3) is 0.520. The first kappa shape index (κ1) is 23.8. The number of esters is 1. The van der Waals surface area contributed by atoms with Gasteiger partial charge >= 0.3 is 5.97 Å². The molecule has 1 aliphatic carbocycles. The quantitative estimate of drug-likeness (QED) is 0.627. The average molecular weight is 469 g/mol. The molecule has 2 aromatic rings. The molecule has 0 radical (unpaired) electrons. The van der Waals surface area contributed by atoms with Crippen molar-refractivity contribution in [3.8, 4) is 5.75 Å². The van der Waals surface area contributed by atoms with Crippen LogP contribution >= 0.6 is 0 Å². The molecule has 0 saturated heterocycles. The van der Waals surface area contributed by atoms with E-state index in [1.54, 1.807) is 11.8 Å². The molecule has 1 aliphatic heterocycles. The van der Waals surface area contributed by atoms with E-state index in [4.69, 9.17) is 9.47 Å². The first-order valence-electron chi connectivity index (χ1n) is 11.9. The largest absolute Gasteiger partial charge is 0.494 e. The van der Waals surface area contributed by atoms with Crippen LogP contribution in [0.5, 0.6) is 5.75 Å². The highest BCUT2D eigenvalue weighted by Crippen LogP contribution is 2.31. The molecule has 0 unspecified atom stereocenters. The van der Waals surface area contributed by atoms with Crippen LogP contribution in [-0.2, 0) is 22.6 Å². The number of aromatic nitrogens is 2. The molecule has 1 N–H and O–H groups in total. The van der Waals surface area contributed by atoms with E-state index in [2.05, 4.69) is 10.4 Å². The monoisotopic (exact) mass is 468 g/mol. The third kappa shape index (κ3) is 4.64. The smallest absolute Gasteiger partial charge is 0.358 e. The first-order valence-corrected chi connectivity index (χ1v) is 11.9. The molecule has 1 fully saturated rings. The fourth-order valence-electron chi connectivity index (χ4n) is 4.72. The van der Waals surface area contributed by atoms with Crippen LogP contribution in [0.2, 0.25) is 0 Å². The van der Waals surface area contributed by atoms with Gasteiger partial charge in [0, 0.05) is 18.7 Å². The summed E-state index contributed by atoms with van der Waals surface area (Å²) in [4.78, 5) is 40.9. The second kappa shape index (κ2) is 9.87. The van der Waals surface area contributed by atoms with Crippen molar-refractivity contribution >= 4 is 17.8 Å². The highest BCUT2D eigenvalue weighted by molar-refractivity contribution is 6.01. The van der Waals surface area contributed by atoms with Gasteiger partial charge in [0.15, 0.2) is 5.69 Å². The maximum atomic E-state index is 13.6. The van der Waals surface area contributed by atoms with Crippen LogP contribution in [0.4, 0.5) is 0 Å². The standard InChI is InChI=1S/C25H32N4O5/c1-4-34-19-12-10-17(11-13-19)15-28-22(30)21-14-20(23(31)33-3)27-29(21)16-25(28,2)24(32)26-18-8-6-5-7-9-18/h10-14,18H,4-9,15-16H2,1-3H3,(H,26,32)/t25-/m1/s1. The topological polar surface area (TPSA) is 103 Å². The van der Waals surface area contributed by atoms with Crippen molar-refractivity contribution in [2.75, 3.05) is 13.7 Å². The molecule has 34 heavy (non-hydrogen) atoms. The molecule has 0 bridgehead atoms. The number of nitrogens with one attached hydrogen (secondary N) is 1. The van der Waals surface area contributed by atoms with Crippen LogP contribution in [0.15, 0.2) is 30.3 Å². The number of nitrogens with zero attached hydrogens (tertiary/aromatic N) is 3. The molecule has 1 saturated carbocycles. The predicted octanol–water partition coefficient (Wildman–Crippen LogP) is 2.93. The Kier molecular flexibility index (Phi) is 6.90. The Morgan fingerprint density at radius 1 is 1.18 bits per heavy atom. The van der Waals surface area contributed by atoms with Gasteiger partial charge in [0.1, 0.15) is 17.0 Å². The molecule has 2 amide bonds. The third-order valence-electron chi connectivity index (χ3n) is 6.70. The van der Waals surface area contributed by atoms with Crippen molar-refractivity contribution in [2.24, 2.45) is 0 Å². The minimum absolute atomic E-state index is 0.0452. The van der Waals surface area contributed by atoms with E-state index < -0.39 is 11.5 Å². The summed E-state index contributed by atoms with van der Waals surface area (Å²) in [5.74, 6) is -0.445. The summed E-state index contributed by atoms with van der Waals surface area (Å²) in [5, 5.41) is 7.45. The van der Waals surface area contributed by atoms with Crippen LogP contribution < -0.4 is 10.1 Å². The minimum Gasteiger partial charge on any atom is -0.494 e. The first-order chi connectivity index (χ1) is 16.4. The second-order valence-corrected chi connectivity index (χ2v) is 9.11. The van der Waals surface area contributed by atoms with E-state index in [1.807, 2.05) is 31.2 Å². The molecular formula is C25H32N4O5. The molecular weight excluding hydrogens is 436 g/mol. The van der Waals surface area contributed by atoms with Gasteiger partial charge in [-0.05, 0) is 44.4 Å². The maximum Gasteiger partial charge on any atom is 0.358 e. The van der Waals surface area contributed by atoms with E-state index >= 15 is 0 Å². The zero-order valence-electron chi connectivity index (χ0n) is 20.0. The van der Waals surface area contributed by atoms with E-state index in [0.717, 1.165) is 37.0 Å². The Morgan fingerprint density at radius 3 is 2.53 bits per heavy atom. The molecule has 2 aliphatic rings. The summed E-state index contributed by atoms with van der Waals surface area (Å²) in [6.07, 6.45) is 5.23. The number of benzene rings is 1. The zero-order chi connectivity index (χ0) is 24.3. The highest BCUT2D eigenvalue weighted by Gasteiger charge is 2.48. The number of amides is 2. The number of fused-ring (bicyclic) bond motifs is 1. The van der Waals surface area contributed by atoms with Gasteiger partial charge in [0.2, 0.25) is 5.91 Å². The van der Waals surface area contributed by atoms with Crippen molar-refractivity contribution in [2.45, 2.75) is 70.6 Å². The zero-order valence-corrected chi connectivity index (χ0v) is 20.0. The van der Waals surface area contributed by atoms with E-state index in [0.29, 0.717) is 6.61 Å². The Labute approximate surface area is 199 Å². The molecule has 4 rings (SSSR count). The molecule has 2 heterocycles. The van der Waals surface area contributed by atoms with Crippen molar-refractivity contribution in [3.05, 3.63) is 47.3 Å². The van der Waals surface area contributed by atoms with E-state index in [-0.39, 0.29) is 42.3 Å². The molecule has 1 aromatic heterocycles. The lowest BCUT2D eigenvalue weighted by atomic mass is 9.91. The Morgan fingerprint density at radius 2 is 1.88 bits per heavy atom. The van der Waals surface area contributed by atoms with Gasteiger partial charge in [-0.1, -0.05) is 31.4 Å². The number of carbonyl (C=O) groups excluding carboxylic acids is 3. The van der Waals surface area contributed by atoms with Crippen LogP contribution in [0, 0.1) is 0 Å². The Balaban J connectivity index is 1.66. The average Bonchev–Trinajstić information content (AvgIpc) is 3.27. The minimum atomic E-state index is -1.18. The number of hydrogen-bond acceptors (Lipinski definition) is 6. The summed E-state index contributed by atoms with van der Waals surface area (Å²) >= 11 is 0. The van der Waals surface area contributed by atoms with Gasteiger partial charge < -0.3 is 19.7 Å². The van der Waals surface area contributed by atoms with E-state index in [9.17, 15) is 14.4 Å². The van der Waals surface area contributed by atoms with Crippen molar-refractivity contribution < 1.29 is 23.9 Å². The fourth-order valence-corrected chi connectivity index (χ4v) is 4.72. The molecule has 1 aromatic carbocycles. The van der Waals surface area contributed by atoms with Gasteiger partial charge in [0.05, 0.1) is 20.3 Å². The van der Waals surface area contributed by atoms with Crippen molar-refractivity contribution in [1.29, 1.82) is 0 Å². The number of ether oxygens (including phenoxy) is 2. The summed E-state index contributed by atoms with van der Waals surface area (Å²) in [6.45, 7) is 4.62. The van der Waals surface area contributed by atoms with Gasteiger partial charge in [-0.3, -0.25) is 14.3 Å². The third-order valence-corrected chi connectivity index (χ3v) is 6.70.